The molecule has 24 heavy (non-hydrogen) atoms. The summed E-state index contributed by atoms with van der Waals surface area (Å²) < 4.78 is 5.62. The number of benzene rings is 1. The number of nitrogens with zero attached hydrogens (tertiary/aromatic N) is 2. The molecule has 1 amide bonds. The van der Waals surface area contributed by atoms with Gasteiger partial charge in [0.1, 0.15) is 11.8 Å². The Hall–Kier alpha value is -1.59. The fraction of sp³-hybridized carbons (Fsp3) is 0.632. The van der Waals surface area contributed by atoms with Gasteiger partial charge in [0, 0.05) is 6.54 Å². The maximum Gasteiger partial charge on any atom is 0.243 e. The Labute approximate surface area is 147 Å². The van der Waals surface area contributed by atoms with E-state index in [1.54, 1.807) is 0 Å². The summed E-state index contributed by atoms with van der Waals surface area (Å²) in [5.41, 5.74) is 0.737. The minimum Gasteiger partial charge on any atom is -0.492 e. The molecule has 136 valence electrons. The zero-order chi connectivity index (χ0) is 17.9. The molecule has 1 unspecified atom stereocenters. The molecule has 0 radical (unpaired) electrons. The van der Waals surface area contributed by atoms with E-state index in [0.717, 1.165) is 44.2 Å². The van der Waals surface area contributed by atoms with Crippen molar-refractivity contribution < 1.29 is 9.53 Å². The van der Waals surface area contributed by atoms with Gasteiger partial charge >= 0.3 is 0 Å². The average molecular weight is 335 g/mol. The van der Waals surface area contributed by atoms with Crippen LogP contribution in [0.1, 0.15) is 34.6 Å². The van der Waals surface area contributed by atoms with Gasteiger partial charge in [0.25, 0.3) is 0 Å². The van der Waals surface area contributed by atoms with Crippen LogP contribution in [0.3, 0.4) is 0 Å². The number of carbonyl (C=O) groups excluding carboxylic acids is 1. The van der Waals surface area contributed by atoms with Crippen LogP contribution in [-0.2, 0) is 4.79 Å². The van der Waals surface area contributed by atoms with Crippen LogP contribution in [-0.4, -0.2) is 61.1 Å². The van der Waals surface area contributed by atoms with E-state index in [4.69, 9.17) is 4.74 Å². The molecular weight excluding hydrogens is 302 g/mol. The van der Waals surface area contributed by atoms with E-state index >= 15 is 0 Å². The van der Waals surface area contributed by atoms with Crippen molar-refractivity contribution in [3.05, 3.63) is 24.3 Å². The van der Waals surface area contributed by atoms with E-state index in [-0.39, 0.29) is 11.9 Å². The van der Waals surface area contributed by atoms with E-state index in [0.29, 0.717) is 6.61 Å². The smallest absolute Gasteiger partial charge is 0.243 e. The third-order valence-corrected chi connectivity index (χ3v) is 4.33. The van der Waals surface area contributed by atoms with Crippen LogP contribution in [0.25, 0.3) is 0 Å². The molecule has 0 bridgehead atoms. The van der Waals surface area contributed by atoms with Crippen LogP contribution in [0.5, 0.6) is 5.75 Å². The summed E-state index contributed by atoms with van der Waals surface area (Å²) in [5.74, 6) is 0.743. The first-order chi connectivity index (χ1) is 11.6. The summed E-state index contributed by atoms with van der Waals surface area (Å²) in [6.45, 7) is 15.3. The molecule has 0 aliphatic heterocycles. The number of rotatable bonds is 11. The minimum absolute atomic E-state index is 0.0257. The molecule has 0 saturated carbocycles. The Morgan fingerprint density at radius 2 is 1.67 bits per heavy atom. The highest BCUT2D eigenvalue weighted by molar-refractivity contribution is 5.96. The van der Waals surface area contributed by atoms with Crippen molar-refractivity contribution >= 4 is 11.6 Å². The number of hydrogen-bond acceptors (Lipinski definition) is 4. The van der Waals surface area contributed by atoms with Crippen LogP contribution < -0.4 is 10.1 Å². The molecule has 1 N–H and O–H groups in total. The summed E-state index contributed by atoms with van der Waals surface area (Å²) >= 11 is 0. The summed E-state index contributed by atoms with van der Waals surface area (Å²) in [4.78, 5) is 17.5. The SMILES string of the molecule is CCOc1ccccc1NC(=O)C(CN(CC)CC)N(CC)CC. The van der Waals surface area contributed by atoms with Gasteiger partial charge in [-0.25, -0.2) is 0 Å². The van der Waals surface area contributed by atoms with Crippen molar-refractivity contribution in [3.63, 3.8) is 0 Å². The average Bonchev–Trinajstić information content (AvgIpc) is 2.60. The molecule has 0 heterocycles. The minimum atomic E-state index is -0.172. The molecule has 0 aliphatic rings. The lowest BCUT2D eigenvalue weighted by Gasteiger charge is -2.32. The monoisotopic (exact) mass is 335 g/mol. The third-order valence-electron chi connectivity index (χ3n) is 4.33. The van der Waals surface area contributed by atoms with Crippen molar-refractivity contribution in [2.45, 2.75) is 40.7 Å². The lowest BCUT2D eigenvalue weighted by Crippen LogP contribution is -2.50. The summed E-state index contributed by atoms with van der Waals surface area (Å²) in [6, 6.07) is 7.43. The van der Waals surface area contributed by atoms with Gasteiger partial charge in [-0.05, 0) is 45.2 Å². The van der Waals surface area contributed by atoms with Gasteiger partial charge in [-0.15, -0.1) is 0 Å². The van der Waals surface area contributed by atoms with Gasteiger partial charge in [0.05, 0.1) is 12.3 Å². The van der Waals surface area contributed by atoms with Crippen LogP contribution in [0.15, 0.2) is 24.3 Å². The highest BCUT2D eigenvalue weighted by atomic mass is 16.5. The van der Waals surface area contributed by atoms with Crippen LogP contribution in [0.2, 0.25) is 0 Å². The normalized spacial score (nSPS) is 12.5. The van der Waals surface area contributed by atoms with E-state index < -0.39 is 0 Å². The molecule has 1 rings (SSSR count). The largest absolute Gasteiger partial charge is 0.492 e. The Bertz CT molecular complexity index is 485. The second-order valence-electron chi connectivity index (χ2n) is 5.64. The zero-order valence-electron chi connectivity index (χ0n) is 15.8. The predicted octanol–water partition coefficient (Wildman–Crippen LogP) is 3.08. The number of hydrogen-bond donors (Lipinski definition) is 1. The molecule has 5 nitrogen and oxygen atoms in total. The zero-order valence-corrected chi connectivity index (χ0v) is 15.8. The van der Waals surface area contributed by atoms with Crippen molar-refractivity contribution in [2.24, 2.45) is 0 Å². The number of likely N-dealkylation sites (N-methyl/N-ethyl adjacent to an activating group) is 2. The molecule has 0 fully saturated rings. The quantitative estimate of drug-likeness (QED) is 0.675. The van der Waals surface area contributed by atoms with Crippen molar-refractivity contribution in [3.8, 4) is 5.75 Å². The first-order valence-corrected chi connectivity index (χ1v) is 9.10. The summed E-state index contributed by atoms with van der Waals surface area (Å²) in [5, 5.41) is 3.07. The van der Waals surface area contributed by atoms with Gasteiger partial charge in [0.15, 0.2) is 0 Å². The van der Waals surface area contributed by atoms with Crippen molar-refractivity contribution in [1.29, 1.82) is 0 Å². The number of ether oxygens (including phenoxy) is 1. The van der Waals surface area contributed by atoms with E-state index in [1.165, 1.54) is 0 Å². The second-order valence-corrected chi connectivity index (χ2v) is 5.64. The molecule has 0 aromatic heterocycles. The highest BCUT2D eigenvalue weighted by Gasteiger charge is 2.26. The number of amides is 1. The van der Waals surface area contributed by atoms with Crippen LogP contribution in [0, 0.1) is 0 Å². The van der Waals surface area contributed by atoms with Gasteiger partial charge in [-0.1, -0.05) is 39.8 Å². The van der Waals surface area contributed by atoms with Gasteiger partial charge < -0.3 is 15.0 Å². The van der Waals surface area contributed by atoms with E-state index in [2.05, 4.69) is 42.8 Å². The predicted molar refractivity (Wildman–Crippen MR) is 101 cm³/mol. The number of para-hydroxylation sites is 2. The van der Waals surface area contributed by atoms with Gasteiger partial charge in [0.2, 0.25) is 5.91 Å². The first kappa shape index (κ1) is 20.5. The lowest BCUT2D eigenvalue weighted by molar-refractivity contribution is -0.121. The maximum atomic E-state index is 13.0. The third kappa shape index (κ3) is 5.80. The molecule has 0 spiro atoms. The van der Waals surface area contributed by atoms with Gasteiger partial charge in [-0.2, -0.15) is 0 Å². The van der Waals surface area contributed by atoms with Crippen LogP contribution in [0.4, 0.5) is 5.69 Å². The summed E-state index contributed by atoms with van der Waals surface area (Å²) in [7, 11) is 0. The fourth-order valence-corrected chi connectivity index (χ4v) is 2.82. The Balaban J connectivity index is 2.95. The topological polar surface area (TPSA) is 44.8 Å². The fourth-order valence-electron chi connectivity index (χ4n) is 2.82. The van der Waals surface area contributed by atoms with Gasteiger partial charge in [-0.3, -0.25) is 9.69 Å². The Morgan fingerprint density at radius 3 is 2.21 bits per heavy atom. The summed E-state index contributed by atoms with van der Waals surface area (Å²) in [6.07, 6.45) is 0. The van der Waals surface area contributed by atoms with E-state index in [1.807, 2.05) is 31.2 Å². The molecule has 0 aliphatic carbocycles. The first-order valence-electron chi connectivity index (χ1n) is 9.10. The molecule has 1 aromatic rings. The van der Waals surface area contributed by atoms with E-state index in [9.17, 15) is 4.79 Å². The maximum absolute atomic E-state index is 13.0. The second kappa shape index (κ2) is 11.0. The molecule has 5 heteroatoms. The molecule has 1 atom stereocenters. The highest BCUT2D eigenvalue weighted by Crippen LogP contribution is 2.24. The van der Waals surface area contributed by atoms with Crippen molar-refractivity contribution in [2.75, 3.05) is 44.6 Å². The lowest BCUT2D eigenvalue weighted by atomic mass is 10.2. The number of nitrogens with one attached hydrogen (secondary N) is 1. The standard InChI is InChI=1S/C19H33N3O2/c1-6-21(7-2)15-17(22(8-3)9-4)19(23)20-16-13-11-12-14-18(16)24-10-5/h11-14,17H,6-10,15H2,1-5H3,(H,20,23). The Morgan fingerprint density at radius 1 is 1.04 bits per heavy atom. The molecule has 1 aromatic carbocycles. The Kier molecular flexibility index (Phi) is 9.42. The molecule has 0 saturated heterocycles. The number of carbonyl (C=O) groups is 1. The molecular formula is C19H33N3O2. The van der Waals surface area contributed by atoms with Crippen molar-refractivity contribution in [1.82, 2.24) is 9.80 Å². The number of anilines is 1. The van der Waals surface area contributed by atoms with Crippen LogP contribution >= 0.6 is 0 Å².